The number of thiophene rings is 1. The number of carbonyl (C=O) groups excluding carboxylic acids is 2. The maximum absolute atomic E-state index is 11.9. The average molecular weight is 381 g/mol. The predicted octanol–water partition coefficient (Wildman–Crippen LogP) is 3.03. The van der Waals surface area contributed by atoms with Crippen molar-refractivity contribution in [2.75, 3.05) is 43.1 Å². The van der Waals surface area contributed by atoms with Crippen LogP contribution < -0.4 is 10.2 Å². The van der Waals surface area contributed by atoms with E-state index in [1.807, 2.05) is 24.3 Å². The lowest BCUT2D eigenvalue weighted by atomic mass is 10.2. The zero-order valence-electron chi connectivity index (χ0n) is 13.4. The van der Waals surface area contributed by atoms with Crippen molar-refractivity contribution in [3.63, 3.8) is 0 Å². The van der Waals surface area contributed by atoms with Crippen LogP contribution in [-0.2, 0) is 14.3 Å². The molecule has 1 aromatic heterocycles. The summed E-state index contributed by atoms with van der Waals surface area (Å²) in [6.07, 6.45) is 0. The van der Waals surface area contributed by atoms with Gasteiger partial charge in [0.2, 0.25) is 0 Å². The minimum atomic E-state index is -0.560. The molecule has 0 spiro atoms. The number of esters is 1. The second-order valence-corrected chi connectivity index (χ2v) is 7.09. The highest BCUT2D eigenvalue weighted by atomic mass is 35.5. The molecule has 0 unspecified atom stereocenters. The van der Waals surface area contributed by atoms with Gasteiger partial charge in [-0.3, -0.25) is 4.79 Å². The Hall–Kier alpha value is -2.09. The Balaban J connectivity index is 1.48. The van der Waals surface area contributed by atoms with Crippen LogP contribution in [0.2, 0.25) is 4.34 Å². The Bertz CT molecular complexity index is 741. The predicted molar refractivity (Wildman–Crippen MR) is 97.7 cm³/mol. The second-order valence-electron chi connectivity index (χ2n) is 5.37. The summed E-state index contributed by atoms with van der Waals surface area (Å²) in [6, 6.07) is 10.7. The summed E-state index contributed by atoms with van der Waals surface area (Å²) >= 11 is 6.88. The second kappa shape index (κ2) is 8.33. The van der Waals surface area contributed by atoms with Gasteiger partial charge in [-0.15, -0.1) is 11.3 Å². The topological polar surface area (TPSA) is 67.9 Å². The van der Waals surface area contributed by atoms with Crippen LogP contribution in [0.4, 0.5) is 11.4 Å². The molecule has 8 heteroatoms. The van der Waals surface area contributed by atoms with Crippen LogP contribution in [0.3, 0.4) is 0 Å². The van der Waals surface area contributed by atoms with Gasteiger partial charge < -0.3 is 19.7 Å². The smallest absolute Gasteiger partial charge is 0.348 e. The Morgan fingerprint density at radius 3 is 2.52 bits per heavy atom. The number of ether oxygens (including phenoxy) is 2. The lowest BCUT2D eigenvalue weighted by molar-refractivity contribution is -0.119. The van der Waals surface area contributed by atoms with E-state index in [1.165, 1.54) is 0 Å². The molecule has 1 N–H and O–H groups in total. The van der Waals surface area contributed by atoms with Gasteiger partial charge in [0.05, 0.1) is 17.6 Å². The lowest BCUT2D eigenvalue weighted by Crippen LogP contribution is -2.36. The van der Waals surface area contributed by atoms with Crippen molar-refractivity contribution in [2.24, 2.45) is 0 Å². The molecule has 0 aliphatic carbocycles. The summed E-state index contributed by atoms with van der Waals surface area (Å²) in [5, 5.41) is 2.70. The monoisotopic (exact) mass is 380 g/mol. The van der Waals surface area contributed by atoms with E-state index in [4.69, 9.17) is 21.1 Å². The Morgan fingerprint density at radius 2 is 1.88 bits per heavy atom. The van der Waals surface area contributed by atoms with E-state index in [0.29, 0.717) is 14.9 Å². The highest BCUT2D eigenvalue weighted by molar-refractivity contribution is 7.17. The molecule has 6 nitrogen and oxygen atoms in total. The fraction of sp³-hybridized carbons (Fsp3) is 0.294. The number of rotatable bonds is 5. The fourth-order valence-corrected chi connectivity index (χ4v) is 3.34. The Morgan fingerprint density at radius 1 is 1.16 bits per heavy atom. The first-order chi connectivity index (χ1) is 12.1. The van der Waals surface area contributed by atoms with E-state index in [-0.39, 0.29) is 6.61 Å². The third-order valence-electron chi connectivity index (χ3n) is 3.64. The number of halogens is 1. The molecule has 0 saturated carbocycles. The van der Waals surface area contributed by atoms with Gasteiger partial charge in [0, 0.05) is 24.5 Å². The Labute approximate surface area is 154 Å². The van der Waals surface area contributed by atoms with Crippen LogP contribution in [-0.4, -0.2) is 44.8 Å². The van der Waals surface area contributed by atoms with Crippen LogP contribution >= 0.6 is 22.9 Å². The van der Waals surface area contributed by atoms with Crippen LogP contribution in [0.5, 0.6) is 0 Å². The van der Waals surface area contributed by atoms with Gasteiger partial charge >= 0.3 is 5.97 Å². The zero-order valence-corrected chi connectivity index (χ0v) is 14.9. The van der Waals surface area contributed by atoms with Crippen molar-refractivity contribution < 1.29 is 19.1 Å². The summed E-state index contributed by atoms with van der Waals surface area (Å²) in [5.74, 6) is -0.954. The van der Waals surface area contributed by atoms with Crippen molar-refractivity contribution in [2.45, 2.75) is 0 Å². The number of amides is 1. The first-order valence-corrected chi connectivity index (χ1v) is 8.96. The molecule has 1 fully saturated rings. The standard InChI is InChI=1S/C17H17ClN2O4S/c18-15-6-5-14(25-15)17(22)24-11-16(21)19-12-1-3-13(4-2-12)20-7-9-23-10-8-20/h1-6H,7-11H2,(H,19,21). The number of hydrogen-bond donors (Lipinski definition) is 1. The van der Waals surface area contributed by atoms with Crippen molar-refractivity contribution >= 4 is 46.2 Å². The number of benzene rings is 1. The minimum Gasteiger partial charge on any atom is -0.451 e. The first kappa shape index (κ1) is 17.7. The molecule has 0 bridgehead atoms. The van der Waals surface area contributed by atoms with E-state index in [1.54, 1.807) is 12.1 Å². The average Bonchev–Trinajstić information content (AvgIpc) is 3.08. The maximum atomic E-state index is 11.9. The number of nitrogens with one attached hydrogen (secondary N) is 1. The Kier molecular flexibility index (Phi) is 5.91. The number of hydrogen-bond acceptors (Lipinski definition) is 6. The van der Waals surface area contributed by atoms with E-state index in [2.05, 4.69) is 10.2 Å². The van der Waals surface area contributed by atoms with E-state index >= 15 is 0 Å². The van der Waals surface area contributed by atoms with Crippen molar-refractivity contribution in [1.82, 2.24) is 0 Å². The highest BCUT2D eigenvalue weighted by Gasteiger charge is 2.13. The molecule has 1 aromatic carbocycles. The molecule has 1 aliphatic rings. The summed E-state index contributed by atoms with van der Waals surface area (Å²) in [6.45, 7) is 2.81. The van der Waals surface area contributed by atoms with Gasteiger partial charge in [0.15, 0.2) is 6.61 Å². The summed E-state index contributed by atoms with van der Waals surface area (Å²) in [7, 11) is 0. The molecule has 3 rings (SSSR count). The SMILES string of the molecule is O=C(COC(=O)c1ccc(Cl)s1)Nc1ccc(N2CCOCC2)cc1. The van der Waals surface area contributed by atoms with E-state index in [9.17, 15) is 9.59 Å². The van der Waals surface area contributed by atoms with Gasteiger partial charge in [-0.2, -0.15) is 0 Å². The molecule has 1 aliphatic heterocycles. The molecule has 1 saturated heterocycles. The quantitative estimate of drug-likeness (QED) is 0.807. The van der Waals surface area contributed by atoms with Crippen molar-refractivity contribution in [1.29, 1.82) is 0 Å². The fourth-order valence-electron chi connectivity index (χ4n) is 2.40. The molecule has 132 valence electrons. The number of carbonyl (C=O) groups is 2. The molecule has 0 radical (unpaired) electrons. The van der Waals surface area contributed by atoms with E-state index < -0.39 is 11.9 Å². The van der Waals surface area contributed by atoms with Gasteiger partial charge in [0.1, 0.15) is 4.88 Å². The first-order valence-electron chi connectivity index (χ1n) is 7.77. The third kappa shape index (κ3) is 4.94. The maximum Gasteiger partial charge on any atom is 0.348 e. The van der Waals surface area contributed by atoms with Crippen LogP contribution in [0, 0.1) is 0 Å². The van der Waals surface area contributed by atoms with Gasteiger partial charge in [-0.05, 0) is 36.4 Å². The van der Waals surface area contributed by atoms with Crippen LogP contribution in [0.1, 0.15) is 9.67 Å². The number of nitrogens with zero attached hydrogens (tertiary/aromatic N) is 1. The molecule has 25 heavy (non-hydrogen) atoms. The molecular formula is C17H17ClN2O4S. The molecule has 2 aromatic rings. The van der Waals surface area contributed by atoms with Crippen LogP contribution in [0.25, 0.3) is 0 Å². The summed E-state index contributed by atoms with van der Waals surface area (Å²) < 4.78 is 10.8. The van der Waals surface area contributed by atoms with Crippen molar-refractivity contribution in [3.8, 4) is 0 Å². The zero-order chi connectivity index (χ0) is 17.6. The molecule has 1 amide bonds. The number of morpholine rings is 1. The number of anilines is 2. The molecular weight excluding hydrogens is 364 g/mol. The highest BCUT2D eigenvalue weighted by Crippen LogP contribution is 2.22. The van der Waals surface area contributed by atoms with Gasteiger partial charge in [0.25, 0.3) is 5.91 Å². The largest absolute Gasteiger partial charge is 0.451 e. The van der Waals surface area contributed by atoms with E-state index in [0.717, 1.165) is 43.3 Å². The lowest BCUT2D eigenvalue weighted by Gasteiger charge is -2.28. The normalized spacial score (nSPS) is 14.2. The van der Waals surface area contributed by atoms with Gasteiger partial charge in [-0.25, -0.2) is 4.79 Å². The van der Waals surface area contributed by atoms with Gasteiger partial charge in [-0.1, -0.05) is 11.6 Å². The van der Waals surface area contributed by atoms with Crippen LogP contribution in [0.15, 0.2) is 36.4 Å². The third-order valence-corrected chi connectivity index (χ3v) is 4.85. The van der Waals surface area contributed by atoms with Crippen molar-refractivity contribution in [3.05, 3.63) is 45.6 Å². The minimum absolute atomic E-state index is 0.348. The molecule has 2 heterocycles. The summed E-state index contributed by atoms with van der Waals surface area (Å²) in [4.78, 5) is 26.3. The summed E-state index contributed by atoms with van der Waals surface area (Å²) in [5.41, 5.74) is 1.74. The molecule has 0 atom stereocenters.